The van der Waals surface area contributed by atoms with Crippen LogP contribution in [0.1, 0.15) is 64.6 Å². The minimum atomic E-state index is -0.705. The number of thioether (sulfide) groups is 1. The lowest BCUT2D eigenvalue weighted by Crippen LogP contribution is -2.52. The number of unbranched alkanes of at least 4 members (excludes halogenated alkanes) is 1. The second-order valence-electron chi connectivity index (χ2n) is 12.4. The highest BCUT2D eigenvalue weighted by atomic mass is 32.2. The van der Waals surface area contributed by atoms with Crippen LogP contribution in [0, 0.1) is 18.8 Å². The van der Waals surface area contributed by atoms with Crippen LogP contribution in [0.2, 0.25) is 0 Å². The summed E-state index contributed by atoms with van der Waals surface area (Å²) in [6.07, 6.45) is 1.34. The van der Waals surface area contributed by atoms with Crippen LogP contribution in [0.15, 0.2) is 11.1 Å². The number of hydrogen-bond acceptors (Lipinski definition) is 12. The molecule has 0 aliphatic carbocycles. The summed E-state index contributed by atoms with van der Waals surface area (Å²) in [6.45, 7) is 16.0. The third-order valence-electron chi connectivity index (χ3n) is 7.27. The summed E-state index contributed by atoms with van der Waals surface area (Å²) in [5.74, 6) is 6.19. The van der Waals surface area contributed by atoms with Crippen molar-refractivity contribution < 1.29 is 33.4 Å². The minimum absolute atomic E-state index is 0.0938. The molecule has 2 aromatic rings. The number of ether oxygens (including phenoxy) is 3. The summed E-state index contributed by atoms with van der Waals surface area (Å²) in [5.41, 5.74) is -0.705. The first-order valence-corrected chi connectivity index (χ1v) is 18.6. The zero-order valence-electron chi connectivity index (χ0n) is 29.6. The van der Waals surface area contributed by atoms with Gasteiger partial charge in [0.15, 0.2) is 0 Å². The third-order valence-corrected chi connectivity index (χ3v) is 9.18. The van der Waals surface area contributed by atoms with E-state index in [0.717, 1.165) is 47.6 Å². The molecule has 1 saturated heterocycles. The maximum Gasteiger partial charge on any atom is 0.410 e. The first-order valence-electron chi connectivity index (χ1n) is 16.8. The Bertz CT molecular complexity index is 1470. The van der Waals surface area contributed by atoms with E-state index in [0.29, 0.717) is 30.5 Å². The smallest absolute Gasteiger partial charge is 0.410 e. The second kappa shape index (κ2) is 20.3. The van der Waals surface area contributed by atoms with Crippen LogP contribution in [0.5, 0.6) is 0 Å². The van der Waals surface area contributed by atoms with Crippen molar-refractivity contribution in [2.24, 2.45) is 0 Å². The van der Waals surface area contributed by atoms with Crippen molar-refractivity contribution in [2.45, 2.75) is 71.4 Å². The molecule has 1 aliphatic rings. The zero-order valence-corrected chi connectivity index (χ0v) is 31.2. The lowest BCUT2D eigenvalue weighted by molar-refractivity contribution is -0.140. The Kier molecular flexibility index (Phi) is 16.5. The minimum Gasteiger partial charge on any atom is -0.465 e. The summed E-state index contributed by atoms with van der Waals surface area (Å²) in [7, 11) is 0. The molecule has 1 N–H and O–H groups in total. The van der Waals surface area contributed by atoms with E-state index in [1.54, 1.807) is 25.7 Å². The van der Waals surface area contributed by atoms with Gasteiger partial charge in [-0.2, -0.15) is 0 Å². The quantitative estimate of drug-likeness (QED) is 0.0893. The predicted molar refractivity (Wildman–Crippen MR) is 191 cm³/mol. The fourth-order valence-electron chi connectivity index (χ4n) is 4.61. The largest absolute Gasteiger partial charge is 0.465 e. The third kappa shape index (κ3) is 14.5. The Morgan fingerprint density at radius 2 is 1.84 bits per heavy atom. The molecule has 2 aromatic heterocycles. The number of thiophene rings is 1. The topological polar surface area (TPSA) is 143 Å². The summed E-state index contributed by atoms with van der Waals surface area (Å²) < 4.78 is 16.4. The van der Waals surface area contributed by atoms with Crippen LogP contribution in [0.25, 0.3) is 10.2 Å². The first kappa shape index (κ1) is 40.0. The van der Waals surface area contributed by atoms with Crippen molar-refractivity contribution in [3.8, 4) is 11.8 Å². The fraction of sp³-hybridized carbons (Fsp3) is 0.647. The van der Waals surface area contributed by atoms with E-state index in [9.17, 15) is 19.2 Å². The summed E-state index contributed by atoms with van der Waals surface area (Å²) >= 11 is 2.75. The van der Waals surface area contributed by atoms with Gasteiger partial charge in [0.2, 0.25) is 11.8 Å². The SMILES string of the molecule is CCCCOC(=O)CSc1nc(C)nc2sc(C#CCNC(=O)CCOCCN(CC(=O)N3CCN(CC)CC3)C(=O)OC(C)(C)C)cc12. The number of likely N-dealkylation sites (N-methyl/N-ethyl adjacent to an activating group) is 1. The highest BCUT2D eigenvalue weighted by molar-refractivity contribution is 8.00. The number of fused-ring (bicyclic) bond motifs is 1. The Labute approximate surface area is 297 Å². The molecule has 0 aromatic carbocycles. The Balaban J connectivity index is 1.42. The van der Waals surface area contributed by atoms with Gasteiger partial charge in [-0.1, -0.05) is 43.9 Å². The molecular formula is C34H50N6O7S2. The number of nitrogens with zero attached hydrogens (tertiary/aromatic N) is 5. The number of nitrogens with one attached hydrogen (secondary N) is 1. The van der Waals surface area contributed by atoms with Gasteiger partial charge in [-0.05, 0) is 46.7 Å². The predicted octanol–water partition coefficient (Wildman–Crippen LogP) is 3.71. The Morgan fingerprint density at radius 3 is 2.53 bits per heavy atom. The van der Waals surface area contributed by atoms with E-state index in [-0.39, 0.29) is 62.8 Å². The Hall–Kier alpha value is -3.45. The lowest BCUT2D eigenvalue weighted by Gasteiger charge is -2.35. The van der Waals surface area contributed by atoms with Gasteiger partial charge in [0.1, 0.15) is 27.8 Å². The van der Waals surface area contributed by atoms with Gasteiger partial charge in [-0.15, -0.1) is 11.3 Å². The Morgan fingerprint density at radius 1 is 1.08 bits per heavy atom. The number of amides is 3. The molecular weight excluding hydrogens is 669 g/mol. The second-order valence-corrected chi connectivity index (χ2v) is 14.4. The van der Waals surface area contributed by atoms with Crippen molar-refractivity contribution in [1.82, 2.24) is 30.0 Å². The zero-order chi connectivity index (χ0) is 35.8. The van der Waals surface area contributed by atoms with Crippen LogP contribution in [-0.4, -0.2) is 132 Å². The van der Waals surface area contributed by atoms with E-state index in [4.69, 9.17) is 14.2 Å². The number of carbonyl (C=O) groups is 4. The highest BCUT2D eigenvalue weighted by Gasteiger charge is 2.27. The van der Waals surface area contributed by atoms with E-state index < -0.39 is 11.7 Å². The number of rotatable bonds is 16. The molecule has 0 unspecified atom stereocenters. The number of aromatic nitrogens is 2. The van der Waals surface area contributed by atoms with Gasteiger partial charge in [-0.25, -0.2) is 14.8 Å². The van der Waals surface area contributed by atoms with Crippen LogP contribution in [-0.2, 0) is 28.6 Å². The monoisotopic (exact) mass is 718 g/mol. The molecule has 0 radical (unpaired) electrons. The van der Waals surface area contributed by atoms with Crippen LogP contribution >= 0.6 is 23.1 Å². The van der Waals surface area contributed by atoms with Crippen molar-refractivity contribution in [3.05, 3.63) is 16.8 Å². The van der Waals surface area contributed by atoms with Crippen molar-refractivity contribution >= 4 is 57.2 Å². The van der Waals surface area contributed by atoms with Crippen molar-refractivity contribution in [2.75, 3.05) is 77.9 Å². The van der Waals surface area contributed by atoms with E-state index in [1.165, 1.54) is 28.0 Å². The van der Waals surface area contributed by atoms with Crippen LogP contribution < -0.4 is 5.32 Å². The molecule has 0 atom stereocenters. The molecule has 0 spiro atoms. The molecule has 3 heterocycles. The van der Waals surface area contributed by atoms with Gasteiger partial charge in [-0.3, -0.25) is 19.3 Å². The number of aryl methyl sites for hydroxylation is 1. The standard InChI is InChI=1S/C34H50N6O7S2/c1-7-9-19-46-30(43)24-48-31-27-22-26(49-32(27)37-25(3)36-31)11-10-13-35-28(41)12-20-45-21-18-40(33(44)47-34(4,5)6)23-29(42)39-16-14-38(8-2)15-17-39/h22H,7-9,12-21,23-24H2,1-6H3,(H,35,41). The normalized spacial score (nSPS) is 13.5. The van der Waals surface area contributed by atoms with Gasteiger partial charge < -0.3 is 29.3 Å². The number of carbonyl (C=O) groups excluding carboxylic acids is 4. The summed E-state index contributed by atoms with van der Waals surface area (Å²) in [5, 5.41) is 4.30. The molecule has 3 rings (SSSR count). The number of piperazine rings is 1. The molecule has 270 valence electrons. The summed E-state index contributed by atoms with van der Waals surface area (Å²) in [4.78, 5) is 66.2. The maximum atomic E-state index is 13.0. The summed E-state index contributed by atoms with van der Waals surface area (Å²) in [6, 6.07) is 1.90. The maximum absolute atomic E-state index is 13.0. The van der Waals surface area contributed by atoms with Gasteiger partial charge in [0, 0.05) is 44.5 Å². The average Bonchev–Trinajstić information content (AvgIpc) is 3.46. The first-order chi connectivity index (χ1) is 23.4. The fourth-order valence-corrected chi connectivity index (χ4v) is 6.47. The van der Waals surface area contributed by atoms with E-state index in [1.807, 2.05) is 19.9 Å². The van der Waals surface area contributed by atoms with Crippen LogP contribution in [0.4, 0.5) is 4.79 Å². The molecule has 1 aliphatic heterocycles. The molecule has 13 nitrogen and oxygen atoms in total. The molecule has 15 heteroatoms. The number of esters is 1. The molecule has 0 bridgehead atoms. The van der Waals surface area contributed by atoms with Crippen molar-refractivity contribution in [3.63, 3.8) is 0 Å². The lowest BCUT2D eigenvalue weighted by atomic mass is 10.2. The van der Waals surface area contributed by atoms with E-state index >= 15 is 0 Å². The molecule has 0 saturated carbocycles. The molecule has 3 amide bonds. The van der Waals surface area contributed by atoms with Crippen molar-refractivity contribution in [1.29, 1.82) is 0 Å². The highest BCUT2D eigenvalue weighted by Crippen LogP contribution is 2.31. The van der Waals surface area contributed by atoms with Gasteiger partial charge in [0.05, 0.1) is 37.0 Å². The average molecular weight is 719 g/mol. The molecule has 49 heavy (non-hydrogen) atoms. The molecule has 1 fully saturated rings. The number of hydrogen-bond donors (Lipinski definition) is 1. The van der Waals surface area contributed by atoms with Gasteiger partial charge in [0.25, 0.3) is 0 Å². The van der Waals surface area contributed by atoms with Crippen LogP contribution in [0.3, 0.4) is 0 Å². The van der Waals surface area contributed by atoms with Gasteiger partial charge >= 0.3 is 12.1 Å². The van der Waals surface area contributed by atoms with E-state index in [2.05, 4.69) is 38.9 Å².